The van der Waals surface area contributed by atoms with Crippen molar-refractivity contribution >= 4 is 38.8 Å². The van der Waals surface area contributed by atoms with Gasteiger partial charge < -0.3 is 0 Å². The van der Waals surface area contributed by atoms with Crippen LogP contribution in [-0.4, -0.2) is 18.1 Å². The average molecular weight is 399 g/mol. The lowest BCUT2D eigenvalue weighted by molar-refractivity contribution is -0.103. The highest BCUT2D eigenvalue weighted by Crippen LogP contribution is 2.00. The first kappa shape index (κ1) is 18.6. The van der Waals surface area contributed by atoms with Crippen molar-refractivity contribution in [2.75, 3.05) is 0 Å². The van der Waals surface area contributed by atoms with Crippen molar-refractivity contribution < 1.29 is 9.15 Å². The van der Waals surface area contributed by atoms with Crippen LogP contribution in [0.3, 0.4) is 0 Å². The van der Waals surface area contributed by atoms with E-state index in [2.05, 4.69) is 97.1 Å². The van der Waals surface area contributed by atoms with Crippen LogP contribution >= 0.6 is 0 Å². The molecule has 0 aliphatic carbocycles. The van der Waals surface area contributed by atoms with Crippen molar-refractivity contribution in [3.8, 4) is 0 Å². The number of benzene rings is 4. The minimum absolute atomic E-state index is 1.21. The number of rotatable bonds is 7. The highest BCUT2D eigenvalue weighted by Gasteiger charge is 2.24. The van der Waals surface area contributed by atoms with Gasteiger partial charge in [0, 0.05) is 0 Å². The molecule has 0 heterocycles. The summed E-state index contributed by atoms with van der Waals surface area (Å²) < 4.78 is 12.6. The lowest BCUT2D eigenvalue weighted by Crippen LogP contribution is -2.51. The van der Waals surface area contributed by atoms with E-state index in [1.54, 1.807) is 0 Å². The van der Waals surface area contributed by atoms with Crippen LogP contribution in [0, 0.1) is 0 Å². The molecule has 28 heavy (non-hydrogen) atoms. The second kappa shape index (κ2) is 9.44. The number of hydrogen-bond acceptors (Lipinski definition) is 2. The second-order valence-corrected chi connectivity index (χ2v) is 11.2. The van der Waals surface area contributed by atoms with Gasteiger partial charge in [-0.05, 0) is 20.7 Å². The van der Waals surface area contributed by atoms with Gasteiger partial charge in [-0.25, -0.2) is 0 Å². The SMILES string of the molecule is c1ccc([SiH](OO[SiH](c2ccccc2)c2ccccc2)c2ccccc2)cc1. The molecule has 2 nitrogen and oxygen atoms in total. The monoisotopic (exact) mass is 398 g/mol. The molecule has 0 aliphatic heterocycles. The maximum atomic E-state index is 6.29. The molecule has 0 aromatic heterocycles. The van der Waals surface area contributed by atoms with E-state index in [0.29, 0.717) is 0 Å². The van der Waals surface area contributed by atoms with E-state index in [0.717, 1.165) is 0 Å². The molecule has 0 N–H and O–H groups in total. The largest absolute Gasteiger partial charge is 0.290 e. The van der Waals surface area contributed by atoms with E-state index in [4.69, 9.17) is 9.15 Å². The van der Waals surface area contributed by atoms with E-state index >= 15 is 0 Å². The zero-order valence-corrected chi connectivity index (χ0v) is 17.8. The Labute approximate surface area is 169 Å². The lowest BCUT2D eigenvalue weighted by atomic mass is 10.4. The maximum Gasteiger partial charge on any atom is 0.283 e. The summed E-state index contributed by atoms with van der Waals surface area (Å²) in [5, 5.41) is 4.84. The molecule has 4 aromatic rings. The lowest BCUT2D eigenvalue weighted by Gasteiger charge is -2.21. The Morgan fingerprint density at radius 2 is 0.536 bits per heavy atom. The van der Waals surface area contributed by atoms with Gasteiger partial charge >= 0.3 is 0 Å². The standard InChI is InChI=1S/C24H22O2Si2/c1-5-13-21(14-6-1)27(22-15-7-2-8-16-22)25-26-28(23-17-9-3-10-18-23)24-19-11-4-12-20-24/h1-20,27-28H. The Hall–Kier alpha value is -2.77. The molecule has 0 aliphatic rings. The molecule has 0 saturated heterocycles. The van der Waals surface area contributed by atoms with Crippen molar-refractivity contribution in [2.45, 2.75) is 0 Å². The zero-order valence-electron chi connectivity index (χ0n) is 15.5. The fourth-order valence-electron chi connectivity index (χ4n) is 3.23. The van der Waals surface area contributed by atoms with Gasteiger partial charge in [-0.2, -0.15) is 0 Å². The topological polar surface area (TPSA) is 18.5 Å². The molecule has 4 heteroatoms. The molecule has 0 amide bonds. The quantitative estimate of drug-likeness (QED) is 0.269. The highest BCUT2D eigenvalue weighted by atomic mass is 28.3. The first-order valence-electron chi connectivity index (χ1n) is 9.44. The summed E-state index contributed by atoms with van der Waals surface area (Å²) in [7, 11) is -3.88. The Morgan fingerprint density at radius 1 is 0.321 bits per heavy atom. The van der Waals surface area contributed by atoms with Gasteiger partial charge in [0.1, 0.15) is 0 Å². The van der Waals surface area contributed by atoms with E-state index in [9.17, 15) is 0 Å². The molecule has 0 saturated carbocycles. The smallest absolute Gasteiger partial charge is 0.283 e. The van der Waals surface area contributed by atoms with Crippen LogP contribution in [0.5, 0.6) is 0 Å². The molecule has 0 fully saturated rings. The van der Waals surface area contributed by atoms with Gasteiger partial charge in [-0.1, -0.05) is 121 Å². The van der Waals surface area contributed by atoms with Crippen LogP contribution in [0.15, 0.2) is 121 Å². The summed E-state index contributed by atoms with van der Waals surface area (Å²) in [5.74, 6) is 0. The minimum Gasteiger partial charge on any atom is -0.290 e. The van der Waals surface area contributed by atoms with Gasteiger partial charge in [0.25, 0.3) is 18.1 Å². The average Bonchev–Trinajstić information content (AvgIpc) is 2.79. The molecular formula is C24H22O2Si2. The maximum absolute atomic E-state index is 6.29. The molecule has 4 rings (SSSR count). The van der Waals surface area contributed by atoms with E-state index < -0.39 is 18.1 Å². The Balaban J connectivity index is 1.64. The summed E-state index contributed by atoms with van der Waals surface area (Å²) in [6, 6.07) is 41.7. The van der Waals surface area contributed by atoms with Gasteiger partial charge in [0.05, 0.1) is 0 Å². The minimum atomic E-state index is -1.94. The van der Waals surface area contributed by atoms with Gasteiger partial charge in [0.2, 0.25) is 0 Å². The molecule has 0 radical (unpaired) electrons. The fourth-order valence-corrected chi connectivity index (χ4v) is 7.62. The normalized spacial score (nSPS) is 11.1. The van der Waals surface area contributed by atoms with Crippen LogP contribution in [0.2, 0.25) is 0 Å². The van der Waals surface area contributed by atoms with Gasteiger partial charge in [0.15, 0.2) is 0 Å². The summed E-state index contributed by atoms with van der Waals surface area (Å²) in [4.78, 5) is 0. The second-order valence-electron chi connectivity index (χ2n) is 6.60. The van der Waals surface area contributed by atoms with Crippen LogP contribution in [0.25, 0.3) is 0 Å². The third-order valence-corrected chi connectivity index (χ3v) is 9.45. The number of hydrogen-bond donors (Lipinski definition) is 0. The van der Waals surface area contributed by atoms with Crippen molar-refractivity contribution in [3.63, 3.8) is 0 Å². The third kappa shape index (κ3) is 4.55. The predicted octanol–water partition coefficient (Wildman–Crippen LogP) is 2.01. The van der Waals surface area contributed by atoms with E-state index in [-0.39, 0.29) is 0 Å². The summed E-state index contributed by atoms with van der Waals surface area (Å²) in [6.45, 7) is 0. The Bertz CT molecular complexity index is 802. The molecule has 0 atom stereocenters. The zero-order chi connectivity index (χ0) is 19.0. The van der Waals surface area contributed by atoms with Crippen LogP contribution in [0.4, 0.5) is 0 Å². The first-order valence-corrected chi connectivity index (χ1v) is 12.7. The van der Waals surface area contributed by atoms with Gasteiger partial charge in [-0.15, -0.1) is 0 Å². The van der Waals surface area contributed by atoms with E-state index in [1.165, 1.54) is 20.7 Å². The molecule has 4 aromatic carbocycles. The van der Waals surface area contributed by atoms with Crippen LogP contribution < -0.4 is 20.7 Å². The summed E-state index contributed by atoms with van der Waals surface area (Å²) in [5.41, 5.74) is 0. The third-order valence-electron chi connectivity index (χ3n) is 4.66. The van der Waals surface area contributed by atoms with Crippen molar-refractivity contribution in [1.82, 2.24) is 0 Å². The van der Waals surface area contributed by atoms with Crippen LogP contribution in [-0.2, 0) is 9.15 Å². The molecular weight excluding hydrogens is 376 g/mol. The van der Waals surface area contributed by atoms with Gasteiger partial charge in [-0.3, -0.25) is 9.15 Å². The highest BCUT2D eigenvalue weighted by molar-refractivity contribution is 6.82. The summed E-state index contributed by atoms with van der Waals surface area (Å²) in [6.07, 6.45) is 0. The van der Waals surface area contributed by atoms with Crippen molar-refractivity contribution in [1.29, 1.82) is 0 Å². The molecule has 0 bridgehead atoms. The molecule has 0 spiro atoms. The fraction of sp³-hybridized carbons (Fsp3) is 0. The van der Waals surface area contributed by atoms with Crippen molar-refractivity contribution in [2.24, 2.45) is 0 Å². The Kier molecular flexibility index (Phi) is 6.26. The molecule has 0 unspecified atom stereocenters. The molecule has 138 valence electrons. The Morgan fingerprint density at radius 3 is 0.750 bits per heavy atom. The van der Waals surface area contributed by atoms with E-state index in [1.807, 2.05) is 24.3 Å². The summed E-state index contributed by atoms with van der Waals surface area (Å²) >= 11 is 0. The predicted molar refractivity (Wildman–Crippen MR) is 121 cm³/mol. The van der Waals surface area contributed by atoms with Crippen LogP contribution in [0.1, 0.15) is 0 Å². The van der Waals surface area contributed by atoms with Crippen molar-refractivity contribution in [3.05, 3.63) is 121 Å². The first-order chi connectivity index (χ1) is 13.9.